The molecule has 1 unspecified atom stereocenters. The summed E-state index contributed by atoms with van der Waals surface area (Å²) >= 11 is 0. The van der Waals surface area contributed by atoms with Crippen LogP contribution in [0.4, 0.5) is 10.5 Å². The van der Waals surface area contributed by atoms with E-state index in [2.05, 4.69) is 0 Å². The van der Waals surface area contributed by atoms with Crippen molar-refractivity contribution in [3.63, 3.8) is 0 Å². The standard InChI is InChI=1S/C16H23NO3/c1-5-13(11-12-18)17(14-9-7-6-8-10-14)15(19)20-16(2,3)4/h6-10,12-13H,5,11H2,1-4H3. The number of benzene rings is 1. The van der Waals surface area contributed by atoms with E-state index < -0.39 is 11.7 Å². The second kappa shape index (κ2) is 7.08. The summed E-state index contributed by atoms with van der Waals surface area (Å²) in [4.78, 5) is 24.8. The number of nitrogens with zero attached hydrogens (tertiary/aromatic N) is 1. The number of rotatable bonds is 5. The van der Waals surface area contributed by atoms with E-state index in [1.165, 1.54) is 0 Å². The van der Waals surface area contributed by atoms with E-state index in [9.17, 15) is 9.59 Å². The number of hydrogen-bond donors (Lipinski definition) is 0. The Hall–Kier alpha value is -1.84. The molecule has 0 N–H and O–H groups in total. The van der Waals surface area contributed by atoms with Gasteiger partial charge in [-0.05, 0) is 39.3 Å². The van der Waals surface area contributed by atoms with Crippen LogP contribution in [0.25, 0.3) is 0 Å². The van der Waals surface area contributed by atoms with Crippen molar-refractivity contribution in [2.75, 3.05) is 4.90 Å². The summed E-state index contributed by atoms with van der Waals surface area (Å²) in [5.74, 6) is 0. The normalized spacial score (nSPS) is 12.6. The molecular weight excluding hydrogens is 254 g/mol. The summed E-state index contributed by atoms with van der Waals surface area (Å²) < 4.78 is 5.45. The van der Waals surface area contributed by atoms with Crippen molar-refractivity contribution in [3.8, 4) is 0 Å². The van der Waals surface area contributed by atoms with Crippen molar-refractivity contribution in [2.45, 2.75) is 52.2 Å². The highest BCUT2D eigenvalue weighted by Gasteiger charge is 2.28. The molecule has 1 rings (SSSR count). The molecule has 1 aromatic carbocycles. The minimum Gasteiger partial charge on any atom is -0.443 e. The second-order valence-corrected chi connectivity index (χ2v) is 5.65. The van der Waals surface area contributed by atoms with Gasteiger partial charge in [-0.25, -0.2) is 4.79 Å². The minimum atomic E-state index is -0.566. The van der Waals surface area contributed by atoms with Gasteiger partial charge in [-0.1, -0.05) is 25.1 Å². The lowest BCUT2D eigenvalue weighted by atomic mass is 10.1. The highest BCUT2D eigenvalue weighted by atomic mass is 16.6. The van der Waals surface area contributed by atoms with Crippen LogP contribution >= 0.6 is 0 Å². The predicted molar refractivity (Wildman–Crippen MR) is 79.9 cm³/mol. The predicted octanol–water partition coefficient (Wildman–Crippen LogP) is 3.80. The van der Waals surface area contributed by atoms with Crippen molar-refractivity contribution in [3.05, 3.63) is 30.3 Å². The molecule has 0 heterocycles. The lowest BCUT2D eigenvalue weighted by Gasteiger charge is -2.32. The van der Waals surface area contributed by atoms with Crippen LogP contribution in [0.1, 0.15) is 40.5 Å². The first kappa shape index (κ1) is 16.2. The molecule has 4 heteroatoms. The molecule has 0 saturated carbocycles. The summed E-state index contributed by atoms with van der Waals surface area (Å²) in [6.45, 7) is 7.44. The molecule has 0 bridgehead atoms. The lowest BCUT2D eigenvalue weighted by Crippen LogP contribution is -2.43. The zero-order valence-electron chi connectivity index (χ0n) is 12.6. The third-order valence-corrected chi connectivity index (χ3v) is 2.83. The lowest BCUT2D eigenvalue weighted by molar-refractivity contribution is -0.108. The van der Waals surface area contributed by atoms with Crippen molar-refractivity contribution >= 4 is 18.1 Å². The summed E-state index contributed by atoms with van der Waals surface area (Å²) in [7, 11) is 0. The fourth-order valence-corrected chi connectivity index (χ4v) is 1.93. The quantitative estimate of drug-likeness (QED) is 0.769. The molecule has 1 amide bonds. The highest BCUT2D eigenvalue weighted by molar-refractivity contribution is 5.89. The van der Waals surface area contributed by atoms with Crippen LogP contribution in [-0.4, -0.2) is 24.0 Å². The van der Waals surface area contributed by atoms with Gasteiger partial charge in [0.15, 0.2) is 0 Å². The number of hydrogen-bond acceptors (Lipinski definition) is 3. The SMILES string of the molecule is CCC(CC=O)N(C(=O)OC(C)(C)C)c1ccccc1. The van der Waals surface area contributed by atoms with Gasteiger partial charge in [0.1, 0.15) is 11.9 Å². The molecule has 0 saturated heterocycles. The van der Waals surface area contributed by atoms with Crippen molar-refractivity contribution in [2.24, 2.45) is 0 Å². The number of ether oxygens (including phenoxy) is 1. The molecule has 0 spiro atoms. The van der Waals surface area contributed by atoms with Crippen LogP contribution in [-0.2, 0) is 9.53 Å². The Kier molecular flexibility index (Phi) is 5.74. The van der Waals surface area contributed by atoms with Gasteiger partial charge in [0.2, 0.25) is 0 Å². The highest BCUT2D eigenvalue weighted by Crippen LogP contribution is 2.23. The summed E-state index contributed by atoms with van der Waals surface area (Å²) in [6, 6.07) is 9.11. The van der Waals surface area contributed by atoms with E-state index in [0.717, 1.165) is 12.0 Å². The molecule has 0 aliphatic carbocycles. The van der Waals surface area contributed by atoms with Crippen molar-refractivity contribution < 1.29 is 14.3 Å². The monoisotopic (exact) mass is 277 g/mol. The fourth-order valence-electron chi connectivity index (χ4n) is 1.93. The largest absolute Gasteiger partial charge is 0.443 e. The third-order valence-electron chi connectivity index (χ3n) is 2.83. The topological polar surface area (TPSA) is 46.6 Å². The van der Waals surface area contributed by atoms with Gasteiger partial charge in [0.05, 0.1) is 0 Å². The van der Waals surface area contributed by atoms with Gasteiger partial charge in [-0.2, -0.15) is 0 Å². The van der Waals surface area contributed by atoms with Crippen LogP contribution in [0.2, 0.25) is 0 Å². The number of carbonyl (C=O) groups is 2. The Morgan fingerprint density at radius 3 is 2.35 bits per heavy atom. The Morgan fingerprint density at radius 2 is 1.90 bits per heavy atom. The van der Waals surface area contributed by atoms with Crippen molar-refractivity contribution in [1.82, 2.24) is 0 Å². The Labute approximate surface area is 120 Å². The van der Waals surface area contributed by atoms with Crippen molar-refractivity contribution in [1.29, 1.82) is 0 Å². The Bertz CT molecular complexity index is 437. The molecule has 1 aromatic rings. The van der Waals surface area contributed by atoms with Gasteiger partial charge in [0.25, 0.3) is 0 Å². The molecule has 4 nitrogen and oxygen atoms in total. The first-order valence-corrected chi connectivity index (χ1v) is 6.90. The van der Waals surface area contributed by atoms with Gasteiger partial charge in [-0.15, -0.1) is 0 Å². The molecule has 0 aliphatic heterocycles. The average molecular weight is 277 g/mol. The first-order chi connectivity index (χ1) is 9.39. The molecule has 0 aliphatic rings. The number of aldehydes is 1. The van der Waals surface area contributed by atoms with Crippen LogP contribution in [0.3, 0.4) is 0 Å². The van der Waals surface area contributed by atoms with E-state index in [1.54, 1.807) is 4.90 Å². The van der Waals surface area contributed by atoms with E-state index in [4.69, 9.17) is 4.74 Å². The molecule has 0 aromatic heterocycles. The molecular formula is C16H23NO3. The molecule has 1 atom stereocenters. The number of para-hydroxylation sites is 1. The summed E-state index contributed by atoms with van der Waals surface area (Å²) in [5.41, 5.74) is 0.180. The summed E-state index contributed by atoms with van der Waals surface area (Å²) in [5, 5.41) is 0. The van der Waals surface area contributed by atoms with Gasteiger partial charge < -0.3 is 9.53 Å². The van der Waals surface area contributed by atoms with E-state index in [0.29, 0.717) is 12.8 Å². The molecule has 0 fully saturated rings. The molecule has 20 heavy (non-hydrogen) atoms. The van der Waals surface area contributed by atoms with Crippen LogP contribution in [0.15, 0.2) is 30.3 Å². The van der Waals surface area contributed by atoms with Crippen LogP contribution < -0.4 is 4.90 Å². The first-order valence-electron chi connectivity index (χ1n) is 6.90. The van der Waals surface area contributed by atoms with Crippen LogP contribution in [0.5, 0.6) is 0 Å². The summed E-state index contributed by atoms with van der Waals surface area (Å²) in [6.07, 6.45) is 1.41. The molecule has 0 radical (unpaired) electrons. The third kappa shape index (κ3) is 4.68. The Balaban J connectivity index is 3.07. The number of anilines is 1. The number of amides is 1. The molecule has 110 valence electrons. The fraction of sp³-hybridized carbons (Fsp3) is 0.500. The Morgan fingerprint density at radius 1 is 1.30 bits per heavy atom. The number of carbonyl (C=O) groups excluding carboxylic acids is 2. The average Bonchev–Trinajstić information content (AvgIpc) is 2.37. The van der Waals surface area contributed by atoms with Crippen LogP contribution in [0, 0.1) is 0 Å². The zero-order chi connectivity index (χ0) is 15.2. The minimum absolute atomic E-state index is 0.190. The van der Waals surface area contributed by atoms with Gasteiger partial charge in [0, 0.05) is 18.2 Å². The van der Waals surface area contributed by atoms with Gasteiger partial charge >= 0.3 is 6.09 Å². The van der Waals surface area contributed by atoms with Gasteiger partial charge in [-0.3, -0.25) is 4.90 Å². The zero-order valence-corrected chi connectivity index (χ0v) is 12.6. The maximum absolute atomic E-state index is 12.4. The maximum atomic E-state index is 12.4. The van der Waals surface area contributed by atoms with E-state index in [-0.39, 0.29) is 6.04 Å². The van der Waals surface area contributed by atoms with E-state index in [1.807, 2.05) is 58.0 Å². The van der Waals surface area contributed by atoms with E-state index >= 15 is 0 Å². The maximum Gasteiger partial charge on any atom is 0.415 e. The smallest absolute Gasteiger partial charge is 0.415 e. The second-order valence-electron chi connectivity index (χ2n) is 5.65.